The summed E-state index contributed by atoms with van der Waals surface area (Å²) in [5, 5.41) is 2.83. The van der Waals surface area contributed by atoms with Crippen molar-refractivity contribution in [2.45, 2.75) is 27.3 Å². The number of nitrogens with one attached hydrogen (secondary N) is 1. The van der Waals surface area contributed by atoms with Gasteiger partial charge in [-0.15, -0.1) is 0 Å². The zero-order valence-electron chi connectivity index (χ0n) is 15.4. The van der Waals surface area contributed by atoms with Crippen molar-refractivity contribution in [1.82, 2.24) is 9.55 Å². The van der Waals surface area contributed by atoms with E-state index in [1.165, 1.54) is 34.9 Å². The molecule has 0 fully saturated rings. The molecule has 0 spiro atoms. The smallest absolute Gasteiger partial charge is 0.254 e. The number of amides is 1. The topological polar surface area (TPSA) is 64.0 Å². The van der Waals surface area contributed by atoms with Gasteiger partial charge in [0.25, 0.3) is 5.56 Å². The van der Waals surface area contributed by atoms with Gasteiger partial charge in [0.2, 0.25) is 5.91 Å². The van der Waals surface area contributed by atoms with Crippen LogP contribution in [0.2, 0.25) is 0 Å². The van der Waals surface area contributed by atoms with E-state index in [4.69, 9.17) is 0 Å². The van der Waals surface area contributed by atoms with E-state index in [9.17, 15) is 14.0 Å². The molecule has 27 heavy (non-hydrogen) atoms. The number of hydrogen-bond donors (Lipinski definition) is 1. The van der Waals surface area contributed by atoms with Gasteiger partial charge >= 0.3 is 0 Å². The largest absolute Gasteiger partial charge is 0.324 e. The van der Waals surface area contributed by atoms with Crippen molar-refractivity contribution >= 4 is 11.6 Å². The fraction of sp³-hybridized carbons (Fsp3) is 0.190. The Morgan fingerprint density at radius 1 is 1.07 bits per heavy atom. The number of carbonyl (C=O) groups excluding carboxylic acids is 1. The Labute approximate surface area is 156 Å². The Balaban J connectivity index is 1.93. The van der Waals surface area contributed by atoms with Gasteiger partial charge in [0.05, 0.1) is 0 Å². The Kier molecular flexibility index (Phi) is 5.16. The Morgan fingerprint density at radius 2 is 1.78 bits per heavy atom. The molecule has 3 rings (SSSR count). The molecule has 0 saturated carbocycles. The van der Waals surface area contributed by atoms with Gasteiger partial charge in [0, 0.05) is 23.0 Å². The predicted octanol–water partition coefficient (Wildman–Crippen LogP) is 3.61. The third-order valence-electron chi connectivity index (χ3n) is 4.20. The standard InChI is InChI=1S/C21H20FN3O2/c1-13-4-9-18(14(2)10-13)24-19(26)12-25-20(27)11-15(3)23-21(25)16-5-7-17(22)8-6-16/h4-11H,12H2,1-3H3,(H,24,26). The van der Waals surface area contributed by atoms with Crippen molar-refractivity contribution in [1.29, 1.82) is 0 Å². The van der Waals surface area contributed by atoms with Crippen LogP contribution in [0.1, 0.15) is 16.8 Å². The molecular formula is C21H20FN3O2. The summed E-state index contributed by atoms with van der Waals surface area (Å²) < 4.78 is 14.5. The molecule has 0 bridgehead atoms. The molecule has 0 aliphatic rings. The maximum atomic E-state index is 13.2. The molecule has 0 atom stereocenters. The lowest BCUT2D eigenvalue weighted by Gasteiger charge is -2.14. The SMILES string of the molecule is Cc1ccc(NC(=O)Cn2c(-c3ccc(F)cc3)nc(C)cc2=O)c(C)c1. The summed E-state index contributed by atoms with van der Waals surface area (Å²) in [6.45, 7) is 5.40. The van der Waals surface area contributed by atoms with Gasteiger partial charge in [-0.1, -0.05) is 17.7 Å². The minimum atomic E-state index is -0.382. The van der Waals surface area contributed by atoms with Crippen LogP contribution in [0.3, 0.4) is 0 Å². The summed E-state index contributed by atoms with van der Waals surface area (Å²) in [7, 11) is 0. The number of hydrogen-bond acceptors (Lipinski definition) is 3. The highest BCUT2D eigenvalue weighted by molar-refractivity contribution is 5.91. The Morgan fingerprint density at radius 3 is 2.44 bits per heavy atom. The molecule has 1 aromatic heterocycles. The second-order valence-electron chi connectivity index (χ2n) is 6.52. The number of benzene rings is 2. The summed E-state index contributed by atoms with van der Waals surface area (Å²) in [6, 6.07) is 12.8. The fourth-order valence-corrected chi connectivity index (χ4v) is 2.88. The normalized spacial score (nSPS) is 10.7. The van der Waals surface area contributed by atoms with Crippen molar-refractivity contribution in [2.75, 3.05) is 5.32 Å². The number of rotatable bonds is 4. The van der Waals surface area contributed by atoms with Crippen LogP contribution in [0.5, 0.6) is 0 Å². The van der Waals surface area contributed by atoms with E-state index in [2.05, 4.69) is 10.3 Å². The molecule has 0 radical (unpaired) electrons. The zero-order valence-corrected chi connectivity index (χ0v) is 15.4. The first-order valence-electron chi connectivity index (χ1n) is 8.55. The number of halogens is 1. The minimum absolute atomic E-state index is 0.188. The number of aryl methyl sites for hydroxylation is 3. The Hall–Kier alpha value is -3.28. The van der Waals surface area contributed by atoms with Crippen molar-refractivity contribution in [3.05, 3.63) is 81.5 Å². The van der Waals surface area contributed by atoms with Crippen LogP contribution < -0.4 is 10.9 Å². The molecule has 0 aliphatic carbocycles. The number of nitrogens with zero attached hydrogens (tertiary/aromatic N) is 2. The summed E-state index contributed by atoms with van der Waals surface area (Å²) in [4.78, 5) is 29.4. The molecule has 2 aromatic carbocycles. The first-order valence-corrected chi connectivity index (χ1v) is 8.55. The van der Waals surface area contributed by atoms with Crippen LogP contribution in [0, 0.1) is 26.6 Å². The van der Waals surface area contributed by atoms with Gasteiger partial charge in [-0.25, -0.2) is 9.37 Å². The number of aromatic nitrogens is 2. The van der Waals surface area contributed by atoms with Crippen LogP contribution in [0.25, 0.3) is 11.4 Å². The third-order valence-corrected chi connectivity index (χ3v) is 4.20. The van der Waals surface area contributed by atoms with Crippen molar-refractivity contribution in [3.63, 3.8) is 0 Å². The van der Waals surface area contributed by atoms with E-state index < -0.39 is 0 Å². The van der Waals surface area contributed by atoms with Crippen molar-refractivity contribution in [2.24, 2.45) is 0 Å². The van der Waals surface area contributed by atoms with Gasteiger partial charge in [-0.3, -0.25) is 14.2 Å². The highest BCUT2D eigenvalue weighted by Gasteiger charge is 2.14. The quantitative estimate of drug-likeness (QED) is 0.768. The van der Waals surface area contributed by atoms with Crippen LogP contribution >= 0.6 is 0 Å². The second kappa shape index (κ2) is 7.53. The van der Waals surface area contributed by atoms with Crippen molar-refractivity contribution < 1.29 is 9.18 Å². The highest BCUT2D eigenvalue weighted by Crippen LogP contribution is 2.18. The lowest BCUT2D eigenvalue weighted by atomic mass is 10.1. The van der Waals surface area contributed by atoms with Gasteiger partial charge in [0.15, 0.2) is 0 Å². The molecule has 1 heterocycles. The molecule has 0 aliphatic heterocycles. The van der Waals surface area contributed by atoms with Gasteiger partial charge < -0.3 is 5.32 Å². The predicted molar refractivity (Wildman–Crippen MR) is 103 cm³/mol. The second-order valence-corrected chi connectivity index (χ2v) is 6.52. The summed E-state index contributed by atoms with van der Waals surface area (Å²) in [5.74, 6) is -0.387. The van der Waals surface area contributed by atoms with E-state index in [1.807, 2.05) is 32.0 Å². The molecule has 1 N–H and O–H groups in total. The van der Waals surface area contributed by atoms with E-state index in [0.29, 0.717) is 22.8 Å². The van der Waals surface area contributed by atoms with Crippen LogP contribution in [0.4, 0.5) is 10.1 Å². The maximum Gasteiger partial charge on any atom is 0.254 e. The first-order chi connectivity index (χ1) is 12.8. The third kappa shape index (κ3) is 4.28. The zero-order chi connectivity index (χ0) is 19.6. The lowest BCUT2D eigenvalue weighted by molar-refractivity contribution is -0.116. The molecule has 1 amide bonds. The molecular weight excluding hydrogens is 345 g/mol. The summed E-state index contributed by atoms with van der Waals surface area (Å²) in [6.07, 6.45) is 0. The summed E-state index contributed by atoms with van der Waals surface area (Å²) >= 11 is 0. The lowest BCUT2D eigenvalue weighted by Crippen LogP contribution is -2.29. The molecule has 6 heteroatoms. The first kappa shape index (κ1) is 18.5. The monoisotopic (exact) mass is 365 g/mol. The number of carbonyl (C=O) groups is 1. The van der Waals surface area contributed by atoms with E-state index in [0.717, 1.165) is 11.1 Å². The summed E-state index contributed by atoms with van der Waals surface area (Å²) in [5.41, 5.74) is 3.50. The van der Waals surface area contributed by atoms with Crippen LogP contribution in [-0.4, -0.2) is 15.5 Å². The van der Waals surface area contributed by atoms with E-state index >= 15 is 0 Å². The van der Waals surface area contributed by atoms with Gasteiger partial charge in [-0.05, 0) is 56.7 Å². The average molecular weight is 365 g/mol. The molecule has 138 valence electrons. The molecule has 0 unspecified atom stereocenters. The van der Waals surface area contributed by atoms with Gasteiger partial charge in [0.1, 0.15) is 18.2 Å². The Bertz CT molecular complexity index is 1060. The number of anilines is 1. The van der Waals surface area contributed by atoms with Crippen LogP contribution in [-0.2, 0) is 11.3 Å². The molecule has 3 aromatic rings. The maximum absolute atomic E-state index is 13.2. The molecule has 0 saturated heterocycles. The van der Waals surface area contributed by atoms with E-state index in [1.54, 1.807) is 6.92 Å². The fourth-order valence-electron chi connectivity index (χ4n) is 2.88. The average Bonchev–Trinajstić information content (AvgIpc) is 2.60. The minimum Gasteiger partial charge on any atom is -0.324 e. The highest BCUT2D eigenvalue weighted by atomic mass is 19.1. The van der Waals surface area contributed by atoms with Crippen molar-refractivity contribution in [3.8, 4) is 11.4 Å². The van der Waals surface area contributed by atoms with E-state index in [-0.39, 0.29) is 23.8 Å². The molecule has 5 nitrogen and oxygen atoms in total. The van der Waals surface area contributed by atoms with Crippen LogP contribution in [0.15, 0.2) is 53.3 Å². The van der Waals surface area contributed by atoms with Gasteiger partial charge in [-0.2, -0.15) is 0 Å².